The monoisotopic (exact) mass is 273 g/mol. The first-order valence-electron chi connectivity index (χ1n) is 7.89. The highest BCUT2D eigenvalue weighted by atomic mass is 16.5. The zero-order valence-electron chi connectivity index (χ0n) is 13.1. The molecule has 0 aromatic heterocycles. The van der Waals surface area contributed by atoms with E-state index < -0.39 is 0 Å². The Labute approximate surface area is 123 Å². The molecule has 2 aliphatic rings. The van der Waals surface area contributed by atoms with E-state index in [1.165, 1.54) is 37.9 Å². The van der Waals surface area contributed by atoms with Crippen molar-refractivity contribution in [2.45, 2.75) is 56.6 Å². The number of methoxy groups -OCH3 is 1. The Kier molecular flexibility index (Phi) is 3.64. The van der Waals surface area contributed by atoms with E-state index in [4.69, 9.17) is 4.74 Å². The molecule has 3 atom stereocenters. The molecule has 2 nitrogen and oxygen atoms in total. The second-order valence-electron chi connectivity index (χ2n) is 7.20. The molecule has 2 heterocycles. The van der Waals surface area contributed by atoms with Gasteiger partial charge >= 0.3 is 0 Å². The lowest BCUT2D eigenvalue weighted by Crippen LogP contribution is -2.56. The summed E-state index contributed by atoms with van der Waals surface area (Å²) in [5.41, 5.74) is 1.92. The van der Waals surface area contributed by atoms with Crippen molar-refractivity contribution in [2.24, 2.45) is 0 Å². The van der Waals surface area contributed by atoms with Crippen molar-refractivity contribution >= 4 is 0 Å². The van der Waals surface area contributed by atoms with Crippen molar-refractivity contribution < 1.29 is 4.74 Å². The van der Waals surface area contributed by atoms with Crippen molar-refractivity contribution in [1.29, 1.82) is 0 Å². The highest BCUT2D eigenvalue weighted by molar-refractivity contribution is 5.26. The van der Waals surface area contributed by atoms with Gasteiger partial charge in [0.05, 0.1) is 5.60 Å². The van der Waals surface area contributed by atoms with Gasteiger partial charge < -0.3 is 4.74 Å². The molecule has 2 aliphatic heterocycles. The maximum atomic E-state index is 5.74. The van der Waals surface area contributed by atoms with E-state index in [1.807, 2.05) is 7.11 Å². The van der Waals surface area contributed by atoms with Gasteiger partial charge in [-0.3, -0.25) is 4.90 Å². The second kappa shape index (κ2) is 5.16. The van der Waals surface area contributed by atoms with E-state index >= 15 is 0 Å². The van der Waals surface area contributed by atoms with Crippen molar-refractivity contribution in [3.63, 3.8) is 0 Å². The van der Waals surface area contributed by atoms with Gasteiger partial charge in [-0.15, -0.1) is 0 Å². The Morgan fingerprint density at radius 2 is 1.90 bits per heavy atom. The van der Waals surface area contributed by atoms with Gasteiger partial charge in [0.25, 0.3) is 0 Å². The highest BCUT2D eigenvalue weighted by Gasteiger charge is 2.43. The molecule has 0 spiro atoms. The molecule has 0 saturated carbocycles. The largest absolute Gasteiger partial charge is 0.378 e. The average Bonchev–Trinajstić information content (AvgIpc) is 2.49. The van der Waals surface area contributed by atoms with Crippen LogP contribution in [0.3, 0.4) is 0 Å². The molecule has 2 saturated heterocycles. The lowest BCUT2D eigenvalue weighted by molar-refractivity contribution is -0.0798. The van der Waals surface area contributed by atoms with Crippen molar-refractivity contribution in [1.82, 2.24) is 4.90 Å². The van der Waals surface area contributed by atoms with Crippen molar-refractivity contribution in [2.75, 3.05) is 20.2 Å². The standard InChI is InChI=1S/C18H27NO/c1-17(15-7-5-4-6-8-15)10-9-16-13-18(2,20-3)11-12-19(16)14-17/h4-8,16H,9-14H2,1-3H3. The quantitative estimate of drug-likeness (QED) is 0.816. The summed E-state index contributed by atoms with van der Waals surface area (Å²) >= 11 is 0. The van der Waals surface area contributed by atoms with Gasteiger partial charge in [-0.1, -0.05) is 37.3 Å². The van der Waals surface area contributed by atoms with Crippen LogP contribution in [0.5, 0.6) is 0 Å². The fourth-order valence-electron chi connectivity index (χ4n) is 4.06. The summed E-state index contributed by atoms with van der Waals surface area (Å²) in [6.45, 7) is 7.08. The van der Waals surface area contributed by atoms with Crippen LogP contribution in [0.4, 0.5) is 0 Å². The maximum absolute atomic E-state index is 5.74. The van der Waals surface area contributed by atoms with Gasteiger partial charge in [0, 0.05) is 31.7 Å². The van der Waals surface area contributed by atoms with E-state index in [9.17, 15) is 0 Å². The molecule has 0 radical (unpaired) electrons. The molecule has 1 aromatic rings. The zero-order valence-corrected chi connectivity index (χ0v) is 13.1. The Morgan fingerprint density at radius 3 is 2.60 bits per heavy atom. The number of rotatable bonds is 2. The minimum absolute atomic E-state index is 0.0989. The zero-order chi connectivity index (χ0) is 14.2. The lowest BCUT2D eigenvalue weighted by atomic mass is 9.71. The van der Waals surface area contributed by atoms with Crippen LogP contribution in [0.25, 0.3) is 0 Å². The third kappa shape index (κ3) is 2.51. The second-order valence-corrected chi connectivity index (χ2v) is 7.20. The number of fused-ring (bicyclic) bond motifs is 1. The molecule has 2 fully saturated rings. The normalized spacial score (nSPS) is 38.5. The topological polar surface area (TPSA) is 12.5 Å². The predicted molar refractivity (Wildman–Crippen MR) is 83.0 cm³/mol. The van der Waals surface area contributed by atoms with Gasteiger partial charge in [0.15, 0.2) is 0 Å². The maximum Gasteiger partial charge on any atom is 0.0677 e. The van der Waals surface area contributed by atoms with Crippen LogP contribution in [0.1, 0.15) is 45.1 Å². The number of hydrogen-bond acceptors (Lipinski definition) is 2. The molecule has 0 amide bonds. The van der Waals surface area contributed by atoms with Gasteiger partial charge in [-0.05, 0) is 38.2 Å². The van der Waals surface area contributed by atoms with Crippen molar-refractivity contribution in [3.05, 3.63) is 35.9 Å². The van der Waals surface area contributed by atoms with Gasteiger partial charge in [0.1, 0.15) is 0 Å². The first kappa shape index (κ1) is 14.1. The third-order valence-electron chi connectivity index (χ3n) is 5.66. The Morgan fingerprint density at radius 1 is 1.15 bits per heavy atom. The summed E-state index contributed by atoms with van der Waals surface area (Å²) in [5.74, 6) is 0. The molecule has 2 heteroatoms. The van der Waals surface area contributed by atoms with Gasteiger partial charge in [-0.2, -0.15) is 0 Å². The van der Waals surface area contributed by atoms with E-state index in [-0.39, 0.29) is 5.60 Å². The predicted octanol–water partition coefficient (Wildman–Crippen LogP) is 3.61. The molecular weight excluding hydrogens is 246 g/mol. The van der Waals surface area contributed by atoms with Crippen LogP contribution in [-0.4, -0.2) is 36.7 Å². The Balaban J connectivity index is 1.74. The Bertz CT molecular complexity index is 460. The van der Waals surface area contributed by atoms with Crippen LogP contribution < -0.4 is 0 Å². The number of ether oxygens (including phenoxy) is 1. The number of benzene rings is 1. The van der Waals surface area contributed by atoms with Gasteiger partial charge in [-0.25, -0.2) is 0 Å². The van der Waals surface area contributed by atoms with E-state index in [0.717, 1.165) is 6.42 Å². The first-order chi connectivity index (χ1) is 9.55. The molecule has 3 unspecified atom stereocenters. The molecule has 3 rings (SSSR count). The van der Waals surface area contributed by atoms with E-state index in [0.29, 0.717) is 11.5 Å². The summed E-state index contributed by atoms with van der Waals surface area (Å²) in [7, 11) is 1.87. The molecular formula is C18H27NO. The lowest BCUT2D eigenvalue weighted by Gasteiger charge is -2.51. The SMILES string of the molecule is COC1(C)CCN2CC(C)(c3ccccc3)CCC2C1. The van der Waals surface area contributed by atoms with Gasteiger partial charge in [0.2, 0.25) is 0 Å². The number of nitrogens with zero attached hydrogens (tertiary/aromatic N) is 1. The summed E-state index contributed by atoms with van der Waals surface area (Å²) in [4.78, 5) is 2.71. The fourth-order valence-corrected chi connectivity index (χ4v) is 4.06. The molecule has 110 valence electrons. The van der Waals surface area contributed by atoms with Crippen molar-refractivity contribution in [3.8, 4) is 0 Å². The average molecular weight is 273 g/mol. The molecule has 0 aliphatic carbocycles. The van der Waals surface area contributed by atoms with E-state index in [2.05, 4.69) is 49.1 Å². The van der Waals surface area contributed by atoms with Crippen LogP contribution in [0, 0.1) is 0 Å². The smallest absolute Gasteiger partial charge is 0.0677 e. The molecule has 1 aromatic carbocycles. The number of piperidine rings is 2. The summed E-state index contributed by atoms with van der Waals surface area (Å²) in [6, 6.07) is 11.8. The minimum Gasteiger partial charge on any atom is -0.378 e. The summed E-state index contributed by atoms with van der Waals surface area (Å²) in [6.07, 6.45) is 4.93. The Hall–Kier alpha value is -0.860. The van der Waals surface area contributed by atoms with Crippen LogP contribution in [-0.2, 0) is 10.2 Å². The molecule has 0 bridgehead atoms. The van der Waals surface area contributed by atoms with Crippen LogP contribution in [0.15, 0.2) is 30.3 Å². The highest BCUT2D eigenvalue weighted by Crippen LogP contribution is 2.41. The third-order valence-corrected chi connectivity index (χ3v) is 5.66. The number of hydrogen-bond donors (Lipinski definition) is 0. The van der Waals surface area contributed by atoms with Crippen LogP contribution in [0.2, 0.25) is 0 Å². The fraction of sp³-hybridized carbons (Fsp3) is 0.667. The van der Waals surface area contributed by atoms with E-state index in [1.54, 1.807) is 0 Å². The van der Waals surface area contributed by atoms with Crippen LogP contribution >= 0.6 is 0 Å². The summed E-state index contributed by atoms with van der Waals surface area (Å²) in [5, 5.41) is 0. The minimum atomic E-state index is 0.0989. The molecule has 20 heavy (non-hydrogen) atoms. The summed E-state index contributed by atoms with van der Waals surface area (Å²) < 4.78 is 5.74. The molecule has 0 N–H and O–H groups in total. The first-order valence-corrected chi connectivity index (χ1v) is 7.89.